The highest BCUT2D eigenvalue weighted by molar-refractivity contribution is 7.92. The highest BCUT2D eigenvalue weighted by Crippen LogP contribution is 2.50. The first-order valence-electron chi connectivity index (χ1n) is 39.2. The number of para-hydroxylation sites is 2. The number of nitrogens with zero attached hydrogens (tertiary/aromatic N) is 2. The molecule has 0 N–H and O–H groups in total. The molecular formula is C101H90N2O2S2. The molecule has 1 aliphatic carbocycles. The maximum absolute atomic E-state index is 12.3. The molecule has 0 spiro atoms. The van der Waals surface area contributed by atoms with Gasteiger partial charge in [0.1, 0.15) is 0 Å². The third-order valence-electron chi connectivity index (χ3n) is 21.3. The zero-order valence-electron chi connectivity index (χ0n) is 68.4. The van der Waals surface area contributed by atoms with Crippen LogP contribution in [-0.4, -0.2) is 17.6 Å². The first-order chi connectivity index (χ1) is 53.6. The Bertz CT molecular complexity index is 6530. The molecule has 15 aromatic carbocycles. The van der Waals surface area contributed by atoms with Gasteiger partial charge in [-0.1, -0.05) is 251 Å². The topological polar surface area (TPSA) is 44.0 Å². The van der Waals surface area contributed by atoms with E-state index >= 15 is 0 Å². The van der Waals surface area contributed by atoms with Gasteiger partial charge in [-0.25, -0.2) is 8.42 Å². The summed E-state index contributed by atoms with van der Waals surface area (Å²) in [5.74, 6) is 0. The summed E-state index contributed by atoms with van der Waals surface area (Å²) in [6.07, 6.45) is 0. The molecule has 0 fully saturated rings. The number of sulfone groups is 1. The smallest absolute Gasteiger partial charge is 0.207 e. The largest absolute Gasteiger partial charge is 0.309 e. The van der Waals surface area contributed by atoms with Crippen LogP contribution in [-0.2, 0) is 15.3 Å². The van der Waals surface area contributed by atoms with E-state index in [4.69, 9.17) is 6.85 Å². The molecule has 20 rings (SSSR count). The Morgan fingerprint density at radius 1 is 0.290 bits per heavy atom. The van der Waals surface area contributed by atoms with Crippen LogP contribution >= 0.6 is 11.3 Å². The third-order valence-corrected chi connectivity index (χ3v) is 24.3. The molecule has 0 atom stereocenters. The summed E-state index contributed by atoms with van der Waals surface area (Å²) in [6, 6.07) is 89.9. The van der Waals surface area contributed by atoms with Crippen LogP contribution in [0.5, 0.6) is 0 Å². The van der Waals surface area contributed by atoms with E-state index in [0.29, 0.717) is 9.79 Å². The van der Waals surface area contributed by atoms with Crippen LogP contribution in [0.1, 0.15) is 98.6 Å². The normalized spacial score (nSPS) is 13.3. The fourth-order valence-corrected chi connectivity index (χ4v) is 18.5. The van der Waals surface area contributed by atoms with Crippen molar-refractivity contribution in [1.82, 2.24) is 9.13 Å². The van der Waals surface area contributed by atoms with Gasteiger partial charge >= 0.3 is 0 Å². The van der Waals surface area contributed by atoms with E-state index in [1.165, 1.54) is 136 Å². The number of hydrogen-bond donors (Lipinski definition) is 0. The lowest BCUT2D eigenvalue weighted by molar-refractivity contribution is 0.598. The Balaban J connectivity index is 0.000000107. The minimum absolute atomic E-state index is 0.142. The fraction of sp³-hybridized carbons (Fsp3) is 0.149. The van der Waals surface area contributed by atoms with E-state index in [-0.39, 0.29) is 41.3 Å². The van der Waals surface area contributed by atoms with Gasteiger partial charge < -0.3 is 9.13 Å². The van der Waals surface area contributed by atoms with Gasteiger partial charge in [-0.2, -0.15) is 0 Å². The molecule has 107 heavy (non-hydrogen) atoms. The molecule has 0 radical (unpaired) electrons. The van der Waals surface area contributed by atoms with E-state index in [1.807, 2.05) is 87.6 Å². The predicted octanol–water partition coefficient (Wildman–Crippen LogP) is 27.8. The lowest BCUT2D eigenvalue weighted by atomic mass is 9.81. The highest BCUT2D eigenvalue weighted by atomic mass is 32.2. The number of benzene rings is 15. The van der Waals surface area contributed by atoms with Gasteiger partial charge in [0.25, 0.3) is 0 Å². The number of fused-ring (bicyclic) bond motifs is 17. The summed E-state index contributed by atoms with van der Waals surface area (Å²) in [6.45, 7) is 30.0. The number of aromatic nitrogens is 2. The molecule has 6 heteroatoms. The molecule has 4 nitrogen and oxygen atoms in total. The Morgan fingerprint density at radius 3 is 0.963 bits per heavy atom. The summed E-state index contributed by atoms with van der Waals surface area (Å²) >= 11 is 1.88. The summed E-state index contributed by atoms with van der Waals surface area (Å²) < 4.78 is 72.1. The zero-order valence-corrected chi connectivity index (χ0v) is 65.0. The van der Waals surface area contributed by atoms with Crippen LogP contribution in [0.2, 0.25) is 0 Å². The summed E-state index contributed by atoms with van der Waals surface area (Å²) in [5, 5.41) is 13.0. The maximum Gasteiger partial charge on any atom is 0.207 e. The molecule has 1 aliphatic heterocycles. The van der Waals surface area contributed by atoms with Crippen molar-refractivity contribution in [3.63, 3.8) is 0 Å². The Morgan fingerprint density at radius 2 is 0.589 bits per heavy atom. The first-order valence-corrected chi connectivity index (χ1v) is 39.0. The fourth-order valence-electron chi connectivity index (χ4n) is 15.8. The minimum atomic E-state index is -3.30. The monoisotopic (exact) mass is 1430 g/mol. The number of rotatable bonds is 2. The number of aryl methyl sites for hydroxylation is 12. The lowest BCUT2D eigenvalue weighted by Crippen LogP contribution is -2.15. The molecule has 4 heterocycles. The molecular weight excluding hydrogens is 1340 g/mol. The third kappa shape index (κ3) is 13.6. The van der Waals surface area contributed by atoms with Gasteiger partial charge in [0.05, 0.1) is 38.7 Å². The van der Waals surface area contributed by atoms with Crippen LogP contribution in [0.4, 0.5) is 0 Å². The van der Waals surface area contributed by atoms with Crippen LogP contribution in [0.25, 0.3) is 119 Å². The highest BCUT2D eigenvalue weighted by Gasteiger charge is 2.36. The molecule has 0 saturated heterocycles. The van der Waals surface area contributed by atoms with Gasteiger partial charge in [-0.3, -0.25) is 0 Å². The maximum atomic E-state index is 12.3. The Kier molecular flexibility index (Phi) is 17.5. The van der Waals surface area contributed by atoms with Gasteiger partial charge in [-0.05, 0) is 247 Å². The second-order valence-electron chi connectivity index (χ2n) is 29.7. The standard InChI is InChI=1S/2C20H17N.C17H18.C16H14.C14H12O2S.C14H12S/c2*1-14-8-10-19-17(12-14)18-13-15(2)9-11-20(18)21(19)16-6-4-3-5-7-16;1-11-5-7-13-14-8-6-12(2)10-16(14)17(3,4)15(13)9-11;1-11-13-7-3-5-9-15(13)12(2)16-10-6-4-8-14(11)16;1-9-3-5-13-11(7-9)12-8-10(2)4-6-14(12)17(13,15)16;1-9-3-5-13-11(7-9)12-8-10(2)4-6-14(12)15-13/h2*3-13H,1-2H3;5-10H,1-4H3;3-10H,1-2H3;3-8H,1-2H3;3-8H,1-2H3/i3D,4D,5D,6D,7D;;;;;. The van der Waals surface area contributed by atoms with Crippen LogP contribution in [0.15, 0.2) is 301 Å². The summed E-state index contributed by atoms with van der Waals surface area (Å²) in [7, 11) is -3.30. The van der Waals surface area contributed by atoms with Gasteiger partial charge in [0.15, 0.2) is 0 Å². The van der Waals surface area contributed by atoms with Crippen molar-refractivity contribution in [2.75, 3.05) is 0 Å². The molecule has 0 bridgehead atoms. The van der Waals surface area contributed by atoms with E-state index in [2.05, 4.69) is 274 Å². The van der Waals surface area contributed by atoms with Crippen molar-refractivity contribution < 1.29 is 15.3 Å². The van der Waals surface area contributed by atoms with Crippen LogP contribution in [0.3, 0.4) is 0 Å². The van der Waals surface area contributed by atoms with Gasteiger partial charge in [0.2, 0.25) is 9.84 Å². The first kappa shape index (κ1) is 65.1. The quantitative estimate of drug-likeness (QED) is 0.162. The molecule has 528 valence electrons. The van der Waals surface area contributed by atoms with Crippen LogP contribution < -0.4 is 0 Å². The second-order valence-corrected chi connectivity index (χ2v) is 32.7. The van der Waals surface area contributed by atoms with Crippen molar-refractivity contribution in [2.24, 2.45) is 0 Å². The second kappa shape index (κ2) is 28.8. The van der Waals surface area contributed by atoms with Crippen LogP contribution in [0, 0.1) is 83.1 Å². The SMILES string of the molecule is Cc1c2ccccc2c(C)c2ccccc12.Cc1ccc2c(c1)-c1cc(C)ccc1S2(=O)=O.Cc1ccc2c(c1)C(C)(C)c1cc(C)ccc1-2.Cc1ccc2c(c1)c1cc(C)ccc1n2-c1ccccc1.Cc1ccc2sc3ccc(C)cc3c2c1.[2H]c1c([2H])c([2H])c(-n2c3ccc(C)cc3c3cc(C)ccc32)c([2H])c1[2H]. The molecule has 0 amide bonds. The van der Waals surface area contributed by atoms with Crippen molar-refractivity contribution >= 4 is 107 Å². The van der Waals surface area contributed by atoms with E-state index in [0.717, 1.165) is 55.2 Å². The van der Waals surface area contributed by atoms with Crippen molar-refractivity contribution in [2.45, 2.75) is 112 Å². The predicted molar refractivity (Wildman–Crippen MR) is 461 cm³/mol. The average molecular weight is 1430 g/mol. The molecule has 3 aromatic heterocycles. The van der Waals surface area contributed by atoms with E-state index in [1.54, 1.807) is 16.7 Å². The number of hydrogen-bond acceptors (Lipinski definition) is 3. The summed E-state index contributed by atoms with van der Waals surface area (Å²) in [4.78, 5) is 0.868. The van der Waals surface area contributed by atoms with Gasteiger partial charge in [0, 0.05) is 69.6 Å². The summed E-state index contributed by atoms with van der Waals surface area (Å²) in [5.41, 5.74) is 28.3. The lowest BCUT2D eigenvalue weighted by Gasteiger charge is -2.22. The Hall–Kier alpha value is -11.4. The number of thiophene rings is 1. The molecule has 18 aromatic rings. The molecule has 0 unspecified atom stereocenters. The Labute approximate surface area is 641 Å². The van der Waals surface area contributed by atoms with E-state index in [9.17, 15) is 8.42 Å². The van der Waals surface area contributed by atoms with Gasteiger partial charge in [-0.15, -0.1) is 11.3 Å². The zero-order chi connectivity index (χ0) is 79.1. The van der Waals surface area contributed by atoms with Crippen molar-refractivity contribution in [3.8, 4) is 33.6 Å². The molecule has 2 aliphatic rings. The minimum Gasteiger partial charge on any atom is -0.309 e. The average Bonchev–Trinajstić information content (AvgIpc) is 1.53. The van der Waals surface area contributed by atoms with Crippen molar-refractivity contribution in [1.29, 1.82) is 0 Å². The van der Waals surface area contributed by atoms with E-state index < -0.39 is 9.84 Å². The van der Waals surface area contributed by atoms with Crippen molar-refractivity contribution in [3.05, 3.63) is 369 Å². The molecule has 0 saturated carbocycles.